The molecule has 0 aliphatic rings. The van der Waals surface area contributed by atoms with Crippen molar-refractivity contribution >= 4 is 17.3 Å². The maximum Gasteiger partial charge on any atom is 0.300 e. The molecule has 1 aromatic rings. The Hall–Kier alpha value is -2.55. The molecule has 0 saturated carbocycles. The third kappa shape index (κ3) is 2.45. The summed E-state index contributed by atoms with van der Waals surface area (Å²) >= 11 is 0. The molecule has 15 heavy (non-hydrogen) atoms. The van der Waals surface area contributed by atoms with E-state index < -0.39 is 16.6 Å². The molecule has 6 heteroatoms. The van der Waals surface area contributed by atoms with Gasteiger partial charge in [0.15, 0.2) is 0 Å². The number of amides is 1. The molecule has 0 aromatic heterocycles. The molecule has 0 atom stereocenters. The van der Waals surface area contributed by atoms with Gasteiger partial charge in [0.2, 0.25) is 0 Å². The summed E-state index contributed by atoms with van der Waals surface area (Å²) in [5.41, 5.74) is -0.241. The van der Waals surface area contributed by atoms with E-state index in [0.29, 0.717) is 0 Å². The number of benzene rings is 1. The van der Waals surface area contributed by atoms with Gasteiger partial charge in [-0.1, -0.05) is 0 Å². The van der Waals surface area contributed by atoms with Crippen molar-refractivity contribution in [3.63, 3.8) is 0 Å². The van der Waals surface area contributed by atoms with Crippen molar-refractivity contribution in [1.29, 1.82) is 0 Å². The summed E-state index contributed by atoms with van der Waals surface area (Å²) in [6.07, 6.45) is 4.80. The molecule has 0 bridgehead atoms. The molecule has 0 aliphatic heterocycles. The number of carbonyl (C=O) groups excluding carboxylic acids is 1. The summed E-state index contributed by atoms with van der Waals surface area (Å²) in [5.74, 6) is 0.637. The molecule has 0 aliphatic carbocycles. The molecule has 76 valence electrons. The van der Waals surface area contributed by atoms with Gasteiger partial charge in [-0.2, -0.15) is 0 Å². The Balaban J connectivity index is 2.99. The first-order chi connectivity index (χ1) is 7.04. The largest absolute Gasteiger partial charge is 0.506 e. The normalized spacial score (nSPS) is 9.00. The number of nitrogens with one attached hydrogen (secondary N) is 1. The average Bonchev–Trinajstić information content (AvgIpc) is 2.20. The summed E-state index contributed by atoms with van der Waals surface area (Å²) in [5, 5.41) is 21.8. The second kappa shape index (κ2) is 4.11. The smallest absolute Gasteiger partial charge is 0.300 e. The quantitative estimate of drug-likeness (QED) is 0.325. The second-order valence-corrected chi connectivity index (χ2v) is 2.56. The number of anilines is 1. The Labute approximate surface area is 84.7 Å². The Morgan fingerprint density at radius 2 is 2.27 bits per heavy atom. The molecule has 0 spiro atoms. The SMILES string of the molecule is C#CC(=O)Nc1ccc([N+](=O)[O-])cc1O. The van der Waals surface area contributed by atoms with E-state index in [1.165, 1.54) is 6.07 Å². The van der Waals surface area contributed by atoms with Gasteiger partial charge < -0.3 is 10.4 Å². The van der Waals surface area contributed by atoms with Gasteiger partial charge in [0.05, 0.1) is 16.7 Å². The second-order valence-electron chi connectivity index (χ2n) is 2.56. The lowest BCUT2D eigenvalue weighted by molar-refractivity contribution is -0.384. The van der Waals surface area contributed by atoms with Gasteiger partial charge in [-0.25, -0.2) is 0 Å². The Kier molecular flexibility index (Phi) is 2.88. The molecule has 0 fully saturated rings. The topological polar surface area (TPSA) is 92.5 Å². The minimum absolute atomic E-state index is 0.0311. The van der Waals surface area contributed by atoms with Crippen LogP contribution in [0.25, 0.3) is 0 Å². The number of hydrogen-bond acceptors (Lipinski definition) is 4. The summed E-state index contributed by atoms with van der Waals surface area (Å²) < 4.78 is 0. The maximum atomic E-state index is 10.8. The van der Waals surface area contributed by atoms with Crippen LogP contribution in [0.5, 0.6) is 5.75 Å². The van der Waals surface area contributed by atoms with E-state index in [1.54, 1.807) is 5.92 Å². The maximum absolute atomic E-state index is 10.8. The first kappa shape index (κ1) is 10.5. The van der Waals surface area contributed by atoms with Crippen molar-refractivity contribution in [3.8, 4) is 18.1 Å². The molecule has 6 nitrogen and oxygen atoms in total. The zero-order valence-electron chi connectivity index (χ0n) is 7.43. The fraction of sp³-hybridized carbons (Fsp3) is 0. The highest BCUT2D eigenvalue weighted by Gasteiger charge is 2.10. The molecule has 2 N–H and O–H groups in total. The molecular formula is C9H6N2O4. The highest BCUT2D eigenvalue weighted by atomic mass is 16.6. The van der Waals surface area contributed by atoms with Crippen molar-refractivity contribution in [3.05, 3.63) is 28.3 Å². The standard InChI is InChI=1S/C9H6N2O4/c1-2-9(13)10-7-4-3-6(11(14)15)5-8(7)12/h1,3-5,12H,(H,10,13). The predicted molar refractivity (Wildman–Crippen MR) is 52.2 cm³/mol. The Morgan fingerprint density at radius 1 is 1.60 bits per heavy atom. The molecule has 0 radical (unpaired) electrons. The summed E-state index contributed by atoms with van der Waals surface area (Å²) in [4.78, 5) is 20.4. The predicted octanol–water partition coefficient (Wildman–Crippen LogP) is 0.872. The van der Waals surface area contributed by atoms with Gasteiger partial charge in [0, 0.05) is 6.07 Å². The van der Waals surface area contributed by atoms with E-state index in [2.05, 4.69) is 5.32 Å². The number of nitrogens with zero attached hydrogens (tertiary/aromatic N) is 1. The van der Waals surface area contributed by atoms with E-state index in [9.17, 15) is 20.0 Å². The van der Waals surface area contributed by atoms with Crippen molar-refractivity contribution in [2.75, 3.05) is 5.32 Å². The summed E-state index contributed by atoms with van der Waals surface area (Å²) in [7, 11) is 0. The van der Waals surface area contributed by atoms with E-state index in [4.69, 9.17) is 6.42 Å². The van der Waals surface area contributed by atoms with Gasteiger partial charge in [-0.3, -0.25) is 14.9 Å². The van der Waals surface area contributed by atoms with Crippen LogP contribution in [0, 0.1) is 22.5 Å². The Bertz CT molecular complexity index is 462. The lowest BCUT2D eigenvalue weighted by Crippen LogP contribution is -2.08. The number of aromatic hydroxyl groups is 1. The number of nitro groups is 1. The molecular weight excluding hydrogens is 200 g/mol. The van der Waals surface area contributed by atoms with Crippen LogP contribution in [0.2, 0.25) is 0 Å². The minimum atomic E-state index is -0.737. The van der Waals surface area contributed by atoms with Gasteiger partial charge in [-0.15, -0.1) is 6.42 Å². The Morgan fingerprint density at radius 3 is 2.73 bits per heavy atom. The summed E-state index contributed by atoms with van der Waals surface area (Å²) in [6, 6.07) is 3.26. The van der Waals surface area contributed by atoms with Crippen molar-refractivity contribution in [1.82, 2.24) is 0 Å². The zero-order valence-corrected chi connectivity index (χ0v) is 7.43. The fourth-order valence-electron chi connectivity index (χ4n) is 0.898. The fourth-order valence-corrected chi connectivity index (χ4v) is 0.898. The molecule has 1 rings (SSSR count). The van der Waals surface area contributed by atoms with E-state index >= 15 is 0 Å². The van der Waals surface area contributed by atoms with Gasteiger partial charge in [-0.05, 0) is 12.0 Å². The lowest BCUT2D eigenvalue weighted by atomic mass is 10.2. The van der Waals surface area contributed by atoms with Crippen LogP contribution in [0.3, 0.4) is 0 Å². The summed E-state index contributed by atoms with van der Waals surface area (Å²) in [6.45, 7) is 0. The third-order valence-corrected chi connectivity index (χ3v) is 1.57. The van der Waals surface area contributed by atoms with Crippen LogP contribution in [-0.4, -0.2) is 15.9 Å². The molecule has 0 saturated heterocycles. The first-order valence-corrected chi connectivity index (χ1v) is 3.79. The molecule has 1 aromatic carbocycles. The van der Waals surface area contributed by atoms with Crippen LogP contribution in [0.1, 0.15) is 0 Å². The highest BCUT2D eigenvalue weighted by Crippen LogP contribution is 2.27. The molecule has 1 amide bonds. The van der Waals surface area contributed by atoms with Crippen LogP contribution in [-0.2, 0) is 4.79 Å². The van der Waals surface area contributed by atoms with Gasteiger partial charge >= 0.3 is 0 Å². The van der Waals surface area contributed by atoms with Crippen molar-refractivity contribution < 1.29 is 14.8 Å². The van der Waals surface area contributed by atoms with Gasteiger partial charge in [0.1, 0.15) is 5.75 Å². The number of phenols is 1. The van der Waals surface area contributed by atoms with E-state index in [-0.39, 0.29) is 11.4 Å². The first-order valence-electron chi connectivity index (χ1n) is 3.79. The van der Waals surface area contributed by atoms with Crippen LogP contribution < -0.4 is 5.32 Å². The number of hydrogen-bond donors (Lipinski definition) is 2. The zero-order chi connectivity index (χ0) is 11.4. The monoisotopic (exact) mass is 206 g/mol. The third-order valence-electron chi connectivity index (χ3n) is 1.57. The number of terminal acetylenes is 1. The molecule has 0 unspecified atom stereocenters. The highest BCUT2D eigenvalue weighted by molar-refractivity contribution is 6.04. The molecule has 0 heterocycles. The van der Waals surface area contributed by atoms with Crippen LogP contribution in [0.4, 0.5) is 11.4 Å². The van der Waals surface area contributed by atoms with Crippen molar-refractivity contribution in [2.45, 2.75) is 0 Å². The van der Waals surface area contributed by atoms with Crippen LogP contribution >= 0.6 is 0 Å². The average molecular weight is 206 g/mol. The number of nitro benzene ring substituents is 1. The number of non-ortho nitro benzene ring substituents is 1. The lowest BCUT2D eigenvalue weighted by Gasteiger charge is -2.03. The number of rotatable bonds is 2. The van der Waals surface area contributed by atoms with E-state index in [1.807, 2.05) is 0 Å². The number of phenolic OH excluding ortho intramolecular Hbond substituents is 1. The van der Waals surface area contributed by atoms with Crippen LogP contribution in [0.15, 0.2) is 18.2 Å². The number of carbonyl (C=O) groups is 1. The van der Waals surface area contributed by atoms with E-state index in [0.717, 1.165) is 12.1 Å². The minimum Gasteiger partial charge on any atom is -0.506 e. The van der Waals surface area contributed by atoms with Crippen molar-refractivity contribution in [2.24, 2.45) is 0 Å². The van der Waals surface area contributed by atoms with Gasteiger partial charge in [0.25, 0.3) is 11.6 Å².